The summed E-state index contributed by atoms with van der Waals surface area (Å²) >= 11 is 1.66. The third kappa shape index (κ3) is 1.19. The van der Waals surface area contributed by atoms with Crippen molar-refractivity contribution in [1.29, 1.82) is 5.26 Å². The largest absolute Gasteiger partial charge is 0.198 e. The van der Waals surface area contributed by atoms with Crippen LogP contribution in [0.2, 0.25) is 0 Å². The number of nitrogens with zero attached hydrogens (tertiary/aromatic N) is 1. The fourth-order valence-corrected chi connectivity index (χ4v) is 1.83. The van der Waals surface area contributed by atoms with E-state index in [1.54, 1.807) is 11.3 Å². The van der Waals surface area contributed by atoms with Crippen molar-refractivity contribution in [1.82, 2.24) is 0 Å². The van der Waals surface area contributed by atoms with Crippen LogP contribution in [0.25, 0.3) is 0 Å². The minimum Gasteiger partial charge on any atom is -0.198 e. The Kier molecular flexibility index (Phi) is 2.08. The highest BCUT2D eigenvalue weighted by Crippen LogP contribution is 2.21. The van der Waals surface area contributed by atoms with E-state index >= 15 is 0 Å². The van der Waals surface area contributed by atoms with Crippen LogP contribution in [0.3, 0.4) is 0 Å². The maximum atomic E-state index is 8.59. The average molecular weight is 151 g/mol. The lowest BCUT2D eigenvalue weighted by Crippen LogP contribution is -1.87. The predicted molar refractivity (Wildman–Crippen MR) is 43.1 cm³/mol. The molecule has 2 heteroatoms. The molecule has 0 fully saturated rings. The molecule has 1 nitrogen and oxygen atoms in total. The number of thiophene rings is 1. The molecule has 0 amide bonds. The standard InChI is InChI=1S/C8H9NS/c1-6(3-9)8-5-10-4-7(8)2/h4-6H,1-2H3. The highest BCUT2D eigenvalue weighted by Gasteiger charge is 2.06. The molecule has 1 aromatic heterocycles. The average Bonchev–Trinajstić information content (AvgIpc) is 2.34. The summed E-state index contributed by atoms with van der Waals surface area (Å²) < 4.78 is 0. The summed E-state index contributed by atoms with van der Waals surface area (Å²) in [5, 5.41) is 12.7. The number of rotatable bonds is 1. The Morgan fingerprint density at radius 2 is 2.30 bits per heavy atom. The topological polar surface area (TPSA) is 23.8 Å². The van der Waals surface area contributed by atoms with Crippen molar-refractivity contribution < 1.29 is 0 Å². The fourth-order valence-electron chi connectivity index (χ4n) is 0.883. The lowest BCUT2D eigenvalue weighted by atomic mass is 10.0. The van der Waals surface area contributed by atoms with Gasteiger partial charge in [-0.15, -0.1) is 0 Å². The van der Waals surface area contributed by atoms with Gasteiger partial charge in [-0.2, -0.15) is 16.6 Å². The van der Waals surface area contributed by atoms with Crippen molar-refractivity contribution in [2.75, 3.05) is 0 Å². The summed E-state index contributed by atoms with van der Waals surface area (Å²) in [6.07, 6.45) is 0. The SMILES string of the molecule is Cc1cscc1C(C)C#N. The first-order chi connectivity index (χ1) is 4.75. The van der Waals surface area contributed by atoms with Gasteiger partial charge in [-0.3, -0.25) is 0 Å². The molecule has 52 valence electrons. The third-order valence-corrected chi connectivity index (χ3v) is 2.43. The van der Waals surface area contributed by atoms with E-state index in [9.17, 15) is 0 Å². The number of hydrogen-bond donors (Lipinski definition) is 0. The normalized spacial score (nSPS) is 12.5. The molecule has 1 atom stereocenters. The maximum absolute atomic E-state index is 8.59. The molecule has 0 spiro atoms. The van der Waals surface area contributed by atoms with Gasteiger partial charge < -0.3 is 0 Å². The van der Waals surface area contributed by atoms with Gasteiger partial charge in [-0.05, 0) is 35.7 Å². The van der Waals surface area contributed by atoms with Crippen LogP contribution in [-0.2, 0) is 0 Å². The molecule has 1 rings (SSSR count). The van der Waals surface area contributed by atoms with Crippen LogP contribution in [0.1, 0.15) is 24.0 Å². The predicted octanol–water partition coefficient (Wildman–Crippen LogP) is 2.68. The third-order valence-electron chi connectivity index (χ3n) is 1.56. The second-order valence-electron chi connectivity index (χ2n) is 2.36. The van der Waals surface area contributed by atoms with E-state index in [1.165, 1.54) is 11.1 Å². The van der Waals surface area contributed by atoms with Gasteiger partial charge in [0.15, 0.2) is 0 Å². The number of nitriles is 1. The van der Waals surface area contributed by atoms with E-state index < -0.39 is 0 Å². The monoisotopic (exact) mass is 151 g/mol. The zero-order valence-corrected chi connectivity index (χ0v) is 6.90. The first kappa shape index (κ1) is 7.30. The van der Waals surface area contributed by atoms with Crippen LogP contribution in [0, 0.1) is 18.3 Å². The van der Waals surface area contributed by atoms with Gasteiger partial charge in [0, 0.05) is 0 Å². The molecule has 0 N–H and O–H groups in total. The van der Waals surface area contributed by atoms with E-state index in [1.807, 2.05) is 19.2 Å². The number of hydrogen-bond acceptors (Lipinski definition) is 2. The summed E-state index contributed by atoms with van der Waals surface area (Å²) in [6.45, 7) is 3.97. The second-order valence-corrected chi connectivity index (χ2v) is 3.10. The molecule has 0 saturated carbocycles. The zero-order valence-electron chi connectivity index (χ0n) is 6.09. The van der Waals surface area contributed by atoms with Crippen LogP contribution in [0.4, 0.5) is 0 Å². The van der Waals surface area contributed by atoms with Crippen LogP contribution in [-0.4, -0.2) is 0 Å². The first-order valence-corrected chi connectivity index (χ1v) is 4.12. The van der Waals surface area contributed by atoms with Gasteiger partial charge in [0.2, 0.25) is 0 Å². The molecule has 0 bridgehead atoms. The van der Waals surface area contributed by atoms with Gasteiger partial charge in [0.05, 0.1) is 12.0 Å². The Bertz CT molecular complexity index is 256. The Hall–Kier alpha value is -0.810. The van der Waals surface area contributed by atoms with Crippen molar-refractivity contribution in [2.24, 2.45) is 0 Å². The molecule has 10 heavy (non-hydrogen) atoms. The van der Waals surface area contributed by atoms with E-state index in [4.69, 9.17) is 5.26 Å². The lowest BCUT2D eigenvalue weighted by molar-refractivity contribution is 0.976. The van der Waals surface area contributed by atoms with Crippen LogP contribution in [0.15, 0.2) is 10.8 Å². The quantitative estimate of drug-likeness (QED) is 0.605. The fraction of sp³-hybridized carbons (Fsp3) is 0.375. The minimum atomic E-state index is 0.0475. The Morgan fingerprint density at radius 1 is 1.60 bits per heavy atom. The van der Waals surface area contributed by atoms with Crippen molar-refractivity contribution >= 4 is 11.3 Å². The molecule has 0 saturated heterocycles. The van der Waals surface area contributed by atoms with E-state index in [-0.39, 0.29) is 5.92 Å². The van der Waals surface area contributed by atoms with Crippen molar-refractivity contribution in [3.8, 4) is 6.07 Å². The smallest absolute Gasteiger partial charge is 0.0701 e. The van der Waals surface area contributed by atoms with E-state index in [0.29, 0.717) is 0 Å². The lowest BCUT2D eigenvalue weighted by Gasteiger charge is -1.98. The zero-order chi connectivity index (χ0) is 7.56. The van der Waals surface area contributed by atoms with Crippen LogP contribution >= 0.6 is 11.3 Å². The van der Waals surface area contributed by atoms with E-state index in [2.05, 4.69) is 11.4 Å². The van der Waals surface area contributed by atoms with Gasteiger partial charge >= 0.3 is 0 Å². The van der Waals surface area contributed by atoms with E-state index in [0.717, 1.165) is 0 Å². The van der Waals surface area contributed by atoms with Gasteiger partial charge in [0.1, 0.15) is 0 Å². The molecule has 1 aromatic rings. The van der Waals surface area contributed by atoms with Crippen molar-refractivity contribution in [3.05, 3.63) is 21.9 Å². The number of aryl methyl sites for hydroxylation is 1. The van der Waals surface area contributed by atoms with Gasteiger partial charge in [-0.25, -0.2) is 0 Å². The maximum Gasteiger partial charge on any atom is 0.0701 e. The molecule has 0 radical (unpaired) electrons. The molecular formula is C8H9NS. The molecule has 0 aliphatic carbocycles. The van der Waals surface area contributed by atoms with Crippen LogP contribution < -0.4 is 0 Å². The van der Waals surface area contributed by atoms with Crippen molar-refractivity contribution in [3.63, 3.8) is 0 Å². The Balaban J connectivity index is 2.96. The summed E-state index contributed by atoms with van der Waals surface area (Å²) in [6, 6.07) is 2.21. The second kappa shape index (κ2) is 2.85. The summed E-state index contributed by atoms with van der Waals surface area (Å²) in [5.74, 6) is 0.0475. The van der Waals surface area contributed by atoms with Gasteiger partial charge in [-0.1, -0.05) is 0 Å². The summed E-state index contributed by atoms with van der Waals surface area (Å²) in [5.41, 5.74) is 2.41. The molecule has 1 unspecified atom stereocenters. The summed E-state index contributed by atoms with van der Waals surface area (Å²) in [4.78, 5) is 0. The molecule has 1 heterocycles. The Morgan fingerprint density at radius 3 is 2.70 bits per heavy atom. The van der Waals surface area contributed by atoms with Gasteiger partial charge in [0.25, 0.3) is 0 Å². The van der Waals surface area contributed by atoms with Crippen molar-refractivity contribution in [2.45, 2.75) is 19.8 Å². The highest BCUT2D eigenvalue weighted by atomic mass is 32.1. The highest BCUT2D eigenvalue weighted by molar-refractivity contribution is 7.08. The first-order valence-electron chi connectivity index (χ1n) is 3.18. The molecule has 0 aliphatic heterocycles. The molecule has 0 aromatic carbocycles. The minimum absolute atomic E-state index is 0.0475. The molecule has 0 aliphatic rings. The molecular weight excluding hydrogens is 142 g/mol. The Labute approximate surface area is 64.9 Å². The van der Waals surface area contributed by atoms with Crippen LogP contribution in [0.5, 0.6) is 0 Å². The summed E-state index contributed by atoms with van der Waals surface area (Å²) in [7, 11) is 0.